The number of aryl methyl sites for hydroxylation is 1. The van der Waals surface area contributed by atoms with Crippen LogP contribution in [0.25, 0.3) is 0 Å². The first-order valence-electron chi connectivity index (χ1n) is 14.5. The molecule has 0 aliphatic carbocycles. The fraction of sp³-hybridized carbons (Fsp3) is 0.581. The van der Waals surface area contributed by atoms with Crippen molar-refractivity contribution in [2.45, 2.75) is 95.7 Å². The van der Waals surface area contributed by atoms with Gasteiger partial charge >= 0.3 is 6.09 Å². The van der Waals surface area contributed by atoms with Crippen LogP contribution >= 0.6 is 21.6 Å². The Hall–Kier alpha value is -2.43. The molecule has 3 heterocycles. The van der Waals surface area contributed by atoms with Crippen LogP contribution in [-0.4, -0.2) is 64.3 Å². The van der Waals surface area contributed by atoms with Crippen molar-refractivity contribution >= 4 is 39.3 Å². The number of hydrogen-bond acceptors (Lipinski definition) is 8. The average molecular weight is 602 g/mol. The van der Waals surface area contributed by atoms with Gasteiger partial charge in [-0.3, -0.25) is 4.79 Å². The molecular formula is C31H43N3O5S2. The number of ether oxygens (including phenoxy) is 2. The first kappa shape index (κ1) is 31.5. The summed E-state index contributed by atoms with van der Waals surface area (Å²) >= 11 is 0. The fourth-order valence-corrected chi connectivity index (χ4v) is 7.04. The highest BCUT2D eigenvalue weighted by Crippen LogP contribution is 2.39. The highest BCUT2D eigenvalue weighted by Gasteiger charge is 2.45. The molecule has 10 heteroatoms. The molecule has 2 aromatic rings. The van der Waals surface area contributed by atoms with Crippen molar-refractivity contribution in [1.29, 1.82) is 0 Å². The Labute approximate surface area is 252 Å². The van der Waals surface area contributed by atoms with Gasteiger partial charge < -0.3 is 19.5 Å². The molecular weight excluding hydrogens is 558 g/mol. The number of fused-ring (bicyclic) bond motifs is 2. The summed E-state index contributed by atoms with van der Waals surface area (Å²) in [5, 5.41) is 12.3. The van der Waals surface area contributed by atoms with Crippen LogP contribution in [0.5, 0.6) is 5.75 Å². The predicted molar refractivity (Wildman–Crippen MR) is 166 cm³/mol. The third-order valence-electron chi connectivity index (χ3n) is 7.35. The molecule has 0 bridgehead atoms. The van der Waals surface area contributed by atoms with E-state index in [0.717, 1.165) is 36.3 Å². The minimum Gasteiger partial charge on any atom is -0.493 e. The Morgan fingerprint density at radius 3 is 2.76 bits per heavy atom. The summed E-state index contributed by atoms with van der Waals surface area (Å²) in [4.78, 5) is 34.4. The van der Waals surface area contributed by atoms with E-state index in [9.17, 15) is 14.7 Å². The van der Waals surface area contributed by atoms with Crippen molar-refractivity contribution in [3.8, 4) is 5.75 Å². The first-order valence-corrected chi connectivity index (χ1v) is 16.7. The van der Waals surface area contributed by atoms with Crippen LogP contribution in [0.15, 0.2) is 41.6 Å². The molecule has 2 aliphatic heterocycles. The molecule has 41 heavy (non-hydrogen) atoms. The van der Waals surface area contributed by atoms with Gasteiger partial charge in [0.15, 0.2) is 6.23 Å². The minimum absolute atomic E-state index is 0.0191. The zero-order valence-corrected chi connectivity index (χ0v) is 26.4. The summed E-state index contributed by atoms with van der Waals surface area (Å²) in [6.45, 7) is 11.9. The molecule has 1 saturated heterocycles. The van der Waals surface area contributed by atoms with Crippen molar-refractivity contribution in [3.63, 3.8) is 0 Å². The Morgan fingerprint density at radius 2 is 2.02 bits per heavy atom. The van der Waals surface area contributed by atoms with Crippen molar-refractivity contribution < 1.29 is 24.2 Å². The van der Waals surface area contributed by atoms with Gasteiger partial charge in [0.25, 0.3) is 5.91 Å². The number of aromatic nitrogens is 1. The molecule has 224 valence electrons. The van der Waals surface area contributed by atoms with Crippen LogP contribution in [-0.2, 0) is 4.74 Å². The molecule has 0 saturated carbocycles. The van der Waals surface area contributed by atoms with Gasteiger partial charge in [0.2, 0.25) is 0 Å². The number of benzene rings is 1. The summed E-state index contributed by atoms with van der Waals surface area (Å²) in [5.74, 6) is 0.430. The largest absolute Gasteiger partial charge is 0.493 e. The molecule has 3 atom stereocenters. The number of carbonyl (C=O) groups is 2. The van der Waals surface area contributed by atoms with E-state index in [1.807, 2.05) is 32.0 Å². The van der Waals surface area contributed by atoms with Crippen LogP contribution in [0, 0.1) is 12.3 Å². The fourth-order valence-electron chi connectivity index (χ4n) is 5.16. The summed E-state index contributed by atoms with van der Waals surface area (Å²) < 4.78 is 11.9. The number of carbonyl (C=O) groups excluding carboxylic acids is 2. The molecule has 8 nitrogen and oxygen atoms in total. The summed E-state index contributed by atoms with van der Waals surface area (Å²) in [6.07, 6.45) is 5.55. The number of rotatable bonds is 11. The number of hydrogen-bond donors (Lipinski definition) is 1. The van der Waals surface area contributed by atoms with Gasteiger partial charge in [0, 0.05) is 24.1 Å². The van der Waals surface area contributed by atoms with Crippen molar-refractivity contribution in [2.24, 2.45) is 5.41 Å². The molecule has 1 fully saturated rings. The molecule has 4 rings (SSSR count). The zero-order valence-electron chi connectivity index (χ0n) is 24.8. The second kappa shape index (κ2) is 14.2. The average Bonchev–Trinajstić information content (AvgIpc) is 3.41. The number of aliphatic hydroxyl groups excluding tert-OH is 1. The number of anilines is 1. The van der Waals surface area contributed by atoms with Gasteiger partial charge in [-0.15, -0.1) is 0 Å². The highest BCUT2D eigenvalue weighted by atomic mass is 33.1. The van der Waals surface area contributed by atoms with Gasteiger partial charge in [0.1, 0.15) is 17.4 Å². The lowest BCUT2D eigenvalue weighted by molar-refractivity contribution is 0.0491. The maximum atomic E-state index is 13.6. The smallest absolute Gasteiger partial charge is 0.416 e. The second-order valence-corrected chi connectivity index (χ2v) is 14.7. The molecule has 2 aliphatic rings. The van der Waals surface area contributed by atoms with Gasteiger partial charge in [-0.1, -0.05) is 50.5 Å². The van der Waals surface area contributed by atoms with E-state index in [0.29, 0.717) is 42.0 Å². The van der Waals surface area contributed by atoms with Crippen LogP contribution in [0.4, 0.5) is 10.5 Å². The number of pyridine rings is 1. The number of amides is 2. The second-order valence-electron chi connectivity index (χ2n) is 12.1. The van der Waals surface area contributed by atoms with E-state index in [1.54, 1.807) is 34.0 Å². The number of unbranched alkanes of at least 4 members (excludes halogenated alkanes) is 2. The standard InChI is InChI=1S/C31H43N3O5S2/c1-21-18-23-25(19-26(21)38-17-10-6-8-14-31(3,4)5)34(29(36)24-12-11-16-33(24)28(23)35)30(37)39-20-22(2)40-41-27-13-7-9-15-32-27/h7,9,13,15,18-19,22,24,29,36H,6,8,10-12,14,16-17,20H2,1-5H3/t22?,24-,29?/m0/s1. The molecule has 1 aromatic carbocycles. The molecule has 1 N–H and O–H groups in total. The SMILES string of the molecule is Cc1cc2c(cc1OCCCCCC(C)(C)C)N(C(=O)OCC(C)SSc1ccccn1)C(O)[C@@H]1CCCN1C2=O. The lowest BCUT2D eigenvalue weighted by Gasteiger charge is -2.32. The molecule has 0 radical (unpaired) electrons. The van der Waals surface area contributed by atoms with Crippen molar-refractivity contribution in [3.05, 3.63) is 47.7 Å². The number of aliphatic hydroxyl groups is 1. The van der Waals surface area contributed by atoms with Crippen molar-refractivity contribution in [1.82, 2.24) is 9.88 Å². The Bertz CT molecular complexity index is 1190. The monoisotopic (exact) mass is 601 g/mol. The Balaban J connectivity index is 1.47. The molecule has 0 spiro atoms. The lowest BCUT2D eigenvalue weighted by atomic mass is 9.89. The third kappa shape index (κ3) is 8.32. The van der Waals surface area contributed by atoms with Crippen molar-refractivity contribution in [2.75, 3.05) is 24.7 Å². The van der Waals surface area contributed by atoms with Gasteiger partial charge in [0.05, 0.1) is 23.9 Å². The van der Waals surface area contributed by atoms with E-state index in [4.69, 9.17) is 9.47 Å². The van der Waals surface area contributed by atoms with Crippen LogP contribution < -0.4 is 9.64 Å². The quantitative estimate of drug-likeness (QED) is 0.216. The Morgan fingerprint density at radius 1 is 1.22 bits per heavy atom. The summed E-state index contributed by atoms with van der Waals surface area (Å²) in [7, 11) is 3.08. The van der Waals surface area contributed by atoms with Gasteiger partial charge in [-0.2, -0.15) is 0 Å². The third-order valence-corrected chi connectivity index (χ3v) is 10.1. The van der Waals surface area contributed by atoms with E-state index in [1.165, 1.54) is 22.1 Å². The molecule has 1 aromatic heterocycles. The highest BCUT2D eigenvalue weighted by molar-refractivity contribution is 8.76. The van der Waals surface area contributed by atoms with Crippen LogP contribution in [0.2, 0.25) is 0 Å². The summed E-state index contributed by atoms with van der Waals surface area (Å²) in [6, 6.07) is 8.74. The van der Waals surface area contributed by atoms with E-state index in [2.05, 4.69) is 25.8 Å². The van der Waals surface area contributed by atoms with Gasteiger partial charge in [-0.05, 0) is 79.5 Å². The maximum absolute atomic E-state index is 13.6. The van der Waals surface area contributed by atoms with Crippen LogP contribution in [0.3, 0.4) is 0 Å². The molecule has 2 unspecified atom stereocenters. The Kier molecular flexibility index (Phi) is 10.9. The van der Waals surface area contributed by atoms with Crippen LogP contribution in [0.1, 0.15) is 82.1 Å². The minimum atomic E-state index is -1.21. The molecule has 2 amide bonds. The van der Waals surface area contributed by atoms with E-state index < -0.39 is 18.4 Å². The lowest BCUT2D eigenvalue weighted by Crippen LogP contribution is -2.51. The first-order chi connectivity index (χ1) is 19.5. The van der Waals surface area contributed by atoms with Gasteiger partial charge in [-0.25, -0.2) is 14.7 Å². The maximum Gasteiger partial charge on any atom is 0.416 e. The zero-order chi connectivity index (χ0) is 29.6. The number of nitrogens with zero attached hydrogens (tertiary/aromatic N) is 3. The summed E-state index contributed by atoms with van der Waals surface area (Å²) in [5.41, 5.74) is 1.86. The topological polar surface area (TPSA) is 92.2 Å². The normalized spacial score (nSPS) is 19.4. The van der Waals surface area contributed by atoms with E-state index in [-0.39, 0.29) is 17.8 Å². The van der Waals surface area contributed by atoms with E-state index >= 15 is 0 Å². The predicted octanol–water partition coefficient (Wildman–Crippen LogP) is 7.08.